The van der Waals surface area contributed by atoms with Gasteiger partial charge in [-0.05, 0) is 12.1 Å². The molecule has 7 heteroatoms. The number of hydrogen-bond donors (Lipinski definition) is 1. The number of carbonyl (C=O) groups is 1. The third-order valence-electron chi connectivity index (χ3n) is 2.77. The molecule has 1 N–H and O–H groups in total. The first-order valence-corrected chi connectivity index (χ1v) is 5.33. The number of rotatable bonds is 3. The summed E-state index contributed by atoms with van der Waals surface area (Å²) in [4.78, 5) is 23.3. The van der Waals surface area contributed by atoms with Gasteiger partial charge in [-0.1, -0.05) is 0 Å². The third-order valence-corrected chi connectivity index (χ3v) is 2.77. The lowest BCUT2D eigenvalue weighted by atomic mass is 10.2. The van der Waals surface area contributed by atoms with Gasteiger partial charge in [0.2, 0.25) is 5.91 Å². The van der Waals surface area contributed by atoms with Crippen LogP contribution in [0.1, 0.15) is 6.42 Å². The molecule has 0 spiro atoms. The lowest BCUT2D eigenvalue weighted by molar-refractivity contribution is -0.384. The molecule has 2 rings (SSSR count). The van der Waals surface area contributed by atoms with Crippen molar-refractivity contribution >= 4 is 17.3 Å². The normalized spacial score (nSPS) is 19.1. The molecular formula is C11H12N2O5. The lowest BCUT2D eigenvalue weighted by Crippen LogP contribution is -2.26. The first-order valence-electron chi connectivity index (χ1n) is 5.33. The molecule has 96 valence electrons. The van der Waals surface area contributed by atoms with Crippen molar-refractivity contribution in [3.63, 3.8) is 0 Å². The van der Waals surface area contributed by atoms with Crippen molar-refractivity contribution in [3.8, 4) is 5.75 Å². The van der Waals surface area contributed by atoms with Gasteiger partial charge in [0.1, 0.15) is 11.4 Å². The van der Waals surface area contributed by atoms with Crippen LogP contribution in [0.4, 0.5) is 11.4 Å². The van der Waals surface area contributed by atoms with Crippen LogP contribution >= 0.6 is 0 Å². The van der Waals surface area contributed by atoms with Crippen LogP contribution in [0.25, 0.3) is 0 Å². The maximum absolute atomic E-state index is 11.6. The molecule has 1 atom stereocenters. The molecule has 0 bridgehead atoms. The number of β-amino-alcohol motifs (C(OH)–C–C–N with tert-alkyl or cyclic N) is 1. The second-order valence-corrected chi connectivity index (χ2v) is 3.97. The number of carbonyl (C=O) groups excluding carboxylic acids is 1. The van der Waals surface area contributed by atoms with Gasteiger partial charge in [-0.15, -0.1) is 0 Å². The van der Waals surface area contributed by atoms with E-state index in [1.807, 2.05) is 0 Å². The Hall–Kier alpha value is -2.15. The summed E-state index contributed by atoms with van der Waals surface area (Å²) >= 11 is 0. The van der Waals surface area contributed by atoms with Crippen molar-refractivity contribution < 1.29 is 19.6 Å². The predicted octanol–water partition coefficient (Wildman–Crippen LogP) is 0.701. The van der Waals surface area contributed by atoms with Crippen molar-refractivity contribution in [1.29, 1.82) is 0 Å². The Morgan fingerprint density at radius 1 is 1.56 bits per heavy atom. The number of methoxy groups -OCH3 is 1. The van der Waals surface area contributed by atoms with Crippen molar-refractivity contribution in [2.75, 3.05) is 18.6 Å². The Kier molecular flexibility index (Phi) is 3.15. The smallest absolute Gasteiger partial charge is 0.296 e. The number of benzene rings is 1. The molecule has 0 saturated carbocycles. The number of nitro groups is 1. The van der Waals surface area contributed by atoms with Gasteiger partial charge in [0.05, 0.1) is 37.2 Å². The van der Waals surface area contributed by atoms with Gasteiger partial charge >= 0.3 is 0 Å². The summed E-state index contributed by atoms with van der Waals surface area (Å²) < 4.78 is 4.91. The summed E-state index contributed by atoms with van der Waals surface area (Å²) in [5, 5.41) is 20.4. The molecule has 0 radical (unpaired) electrons. The van der Waals surface area contributed by atoms with Crippen LogP contribution in [0.15, 0.2) is 18.2 Å². The molecule has 1 aromatic carbocycles. The summed E-state index contributed by atoms with van der Waals surface area (Å²) in [6.45, 7) is 0.0754. The molecule has 0 aliphatic carbocycles. The molecule has 1 aliphatic rings. The molecule has 1 amide bonds. The quantitative estimate of drug-likeness (QED) is 0.631. The Balaban J connectivity index is 2.44. The zero-order chi connectivity index (χ0) is 13.3. The largest absolute Gasteiger partial charge is 0.496 e. The van der Waals surface area contributed by atoms with Gasteiger partial charge in [0, 0.05) is 0 Å². The van der Waals surface area contributed by atoms with Crippen LogP contribution in [0, 0.1) is 10.1 Å². The van der Waals surface area contributed by atoms with Gasteiger partial charge in [-0.25, -0.2) is 0 Å². The number of anilines is 1. The molecule has 18 heavy (non-hydrogen) atoms. The maximum Gasteiger partial charge on any atom is 0.296 e. The van der Waals surface area contributed by atoms with Gasteiger partial charge in [-0.3, -0.25) is 14.9 Å². The summed E-state index contributed by atoms with van der Waals surface area (Å²) in [6, 6.07) is 4.25. The topological polar surface area (TPSA) is 92.9 Å². The predicted molar refractivity (Wildman–Crippen MR) is 62.6 cm³/mol. The molecule has 1 unspecified atom stereocenters. The van der Waals surface area contributed by atoms with Crippen molar-refractivity contribution in [2.45, 2.75) is 12.5 Å². The van der Waals surface area contributed by atoms with E-state index in [-0.39, 0.29) is 30.2 Å². The van der Waals surface area contributed by atoms with E-state index < -0.39 is 11.0 Å². The van der Waals surface area contributed by atoms with Gasteiger partial charge in [-0.2, -0.15) is 0 Å². The standard InChI is InChI=1S/C11H12N2O5/c1-18-8-2-3-9(10(5-8)13(16)17)12-6-7(14)4-11(12)15/h2-3,5,7,14H,4,6H2,1H3. The highest BCUT2D eigenvalue weighted by Gasteiger charge is 2.33. The number of amides is 1. The van der Waals surface area contributed by atoms with Gasteiger partial charge in [0.25, 0.3) is 5.69 Å². The number of aliphatic hydroxyl groups excluding tert-OH is 1. The molecular weight excluding hydrogens is 240 g/mol. The summed E-state index contributed by atoms with van der Waals surface area (Å²) in [5.41, 5.74) is -0.0286. The minimum absolute atomic E-state index is 0.0107. The van der Waals surface area contributed by atoms with E-state index >= 15 is 0 Å². The average molecular weight is 252 g/mol. The van der Waals surface area contributed by atoms with E-state index in [2.05, 4.69) is 0 Å². The van der Waals surface area contributed by atoms with E-state index in [1.54, 1.807) is 6.07 Å². The Morgan fingerprint density at radius 3 is 2.78 bits per heavy atom. The van der Waals surface area contributed by atoms with Crippen molar-refractivity contribution in [3.05, 3.63) is 28.3 Å². The molecule has 1 saturated heterocycles. The molecule has 1 aromatic rings. The van der Waals surface area contributed by atoms with Crippen LogP contribution in [-0.2, 0) is 4.79 Å². The fourth-order valence-corrected chi connectivity index (χ4v) is 1.93. The lowest BCUT2D eigenvalue weighted by Gasteiger charge is -2.16. The van der Waals surface area contributed by atoms with Crippen LogP contribution in [0.5, 0.6) is 5.75 Å². The van der Waals surface area contributed by atoms with E-state index in [1.165, 1.54) is 24.1 Å². The second-order valence-electron chi connectivity index (χ2n) is 3.97. The molecule has 0 aromatic heterocycles. The van der Waals surface area contributed by atoms with Crippen molar-refractivity contribution in [2.24, 2.45) is 0 Å². The van der Waals surface area contributed by atoms with Crippen LogP contribution in [0.3, 0.4) is 0 Å². The van der Waals surface area contributed by atoms with Gasteiger partial charge < -0.3 is 14.7 Å². The van der Waals surface area contributed by atoms with E-state index in [9.17, 15) is 20.0 Å². The second kappa shape index (κ2) is 4.61. The zero-order valence-corrected chi connectivity index (χ0v) is 9.70. The highest BCUT2D eigenvalue weighted by Crippen LogP contribution is 2.34. The number of nitro benzene ring substituents is 1. The number of ether oxygens (including phenoxy) is 1. The summed E-state index contributed by atoms with van der Waals surface area (Å²) in [7, 11) is 1.41. The van der Waals surface area contributed by atoms with Crippen LogP contribution in [-0.4, -0.2) is 35.7 Å². The Morgan fingerprint density at radius 2 is 2.28 bits per heavy atom. The van der Waals surface area contributed by atoms with E-state index in [0.29, 0.717) is 5.75 Å². The van der Waals surface area contributed by atoms with E-state index in [4.69, 9.17) is 4.74 Å². The fourth-order valence-electron chi connectivity index (χ4n) is 1.93. The van der Waals surface area contributed by atoms with Crippen LogP contribution < -0.4 is 9.64 Å². The monoisotopic (exact) mass is 252 g/mol. The number of nitrogens with zero attached hydrogens (tertiary/aromatic N) is 2. The summed E-state index contributed by atoms with van der Waals surface area (Å²) in [6.07, 6.45) is -0.789. The molecule has 1 fully saturated rings. The van der Waals surface area contributed by atoms with E-state index in [0.717, 1.165) is 0 Å². The highest BCUT2D eigenvalue weighted by atomic mass is 16.6. The van der Waals surface area contributed by atoms with Gasteiger partial charge in [0.15, 0.2) is 0 Å². The van der Waals surface area contributed by atoms with Crippen LogP contribution in [0.2, 0.25) is 0 Å². The van der Waals surface area contributed by atoms with Crippen molar-refractivity contribution in [1.82, 2.24) is 0 Å². The number of aliphatic hydroxyl groups is 1. The zero-order valence-electron chi connectivity index (χ0n) is 9.70. The highest BCUT2D eigenvalue weighted by molar-refractivity contribution is 5.98. The SMILES string of the molecule is COc1ccc(N2CC(O)CC2=O)c([N+](=O)[O-])c1. The Bertz CT molecular complexity index is 502. The number of hydrogen-bond acceptors (Lipinski definition) is 5. The summed E-state index contributed by atoms with van der Waals surface area (Å²) in [5.74, 6) is 0.0217. The first-order chi connectivity index (χ1) is 8.52. The average Bonchev–Trinajstić information content (AvgIpc) is 2.67. The first kappa shape index (κ1) is 12.3. The molecule has 1 aliphatic heterocycles. The Labute approximate surface area is 103 Å². The fraction of sp³-hybridized carbons (Fsp3) is 0.364. The molecule has 7 nitrogen and oxygen atoms in total. The third kappa shape index (κ3) is 2.12. The molecule has 1 heterocycles. The minimum atomic E-state index is -0.779. The minimum Gasteiger partial charge on any atom is -0.496 e. The maximum atomic E-state index is 11.6.